The summed E-state index contributed by atoms with van der Waals surface area (Å²) in [5.41, 5.74) is 7.54. The number of methoxy groups -OCH3 is 1. The molecule has 0 saturated heterocycles. The number of hydrogen-bond donors (Lipinski definition) is 0. The Morgan fingerprint density at radius 3 is 2.52 bits per heavy atom. The quantitative estimate of drug-likeness (QED) is 0.312. The maximum Gasteiger partial charge on any atom is 0.337 e. The standard InChI is InChI=1S/C27H21NO3/c1-16-7-8-17(2)26-23(16)12-22(15-28-26)25-14-20-10-9-19(13-24(20)31-25)18-5-4-6-21(11-18)27(29)30-3/h4-15H,1-3H3. The Kier molecular flexibility index (Phi) is 4.55. The van der Waals surface area contributed by atoms with Gasteiger partial charge < -0.3 is 9.15 Å². The fourth-order valence-electron chi connectivity index (χ4n) is 3.93. The number of benzene rings is 3. The molecule has 0 spiro atoms. The molecule has 0 aliphatic carbocycles. The van der Waals surface area contributed by atoms with Gasteiger partial charge in [-0.2, -0.15) is 0 Å². The summed E-state index contributed by atoms with van der Waals surface area (Å²) in [7, 11) is 1.38. The van der Waals surface area contributed by atoms with Crippen molar-refractivity contribution >= 4 is 27.8 Å². The van der Waals surface area contributed by atoms with E-state index in [2.05, 4.69) is 37.0 Å². The highest BCUT2D eigenvalue weighted by Crippen LogP contribution is 2.33. The van der Waals surface area contributed by atoms with Gasteiger partial charge in [0.05, 0.1) is 18.2 Å². The summed E-state index contributed by atoms with van der Waals surface area (Å²) < 4.78 is 11.0. The molecule has 0 unspecified atom stereocenters. The van der Waals surface area contributed by atoms with Crippen LogP contribution in [-0.4, -0.2) is 18.1 Å². The Hall–Kier alpha value is -3.92. The van der Waals surface area contributed by atoms with Gasteiger partial charge in [0.1, 0.15) is 11.3 Å². The normalized spacial score (nSPS) is 11.2. The molecule has 0 aliphatic rings. The number of aromatic nitrogens is 1. The summed E-state index contributed by atoms with van der Waals surface area (Å²) in [6.45, 7) is 4.17. The second kappa shape index (κ2) is 7.40. The molecule has 2 aromatic heterocycles. The van der Waals surface area contributed by atoms with Crippen LogP contribution in [0.5, 0.6) is 0 Å². The summed E-state index contributed by atoms with van der Waals surface area (Å²) in [5.74, 6) is 0.434. The van der Waals surface area contributed by atoms with Crippen molar-refractivity contribution in [3.05, 3.63) is 89.6 Å². The maximum absolute atomic E-state index is 11.9. The molecule has 0 atom stereocenters. The molecule has 3 aromatic carbocycles. The van der Waals surface area contributed by atoms with Crippen LogP contribution in [-0.2, 0) is 4.74 Å². The molecular weight excluding hydrogens is 386 g/mol. The Morgan fingerprint density at radius 1 is 0.871 bits per heavy atom. The van der Waals surface area contributed by atoms with Gasteiger partial charge in [-0.3, -0.25) is 4.98 Å². The molecule has 4 heteroatoms. The molecule has 0 radical (unpaired) electrons. The predicted molar refractivity (Wildman–Crippen MR) is 123 cm³/mol. The van der Waals surface area contributed by atoms with Crippen LogP contribution >= 0.6 is 0 Å². The van der Waals surface area contributed by atoms with Crippen molar-refractivity contribution in [2.24, 2.45) is 0 Å². The van der Waals surface area contributed by atoms with Gasteiger partial charge in [0.15, 0.2) is 0 Å². The number of carbonyl (C=O) groups excluding carboxylic acids is 1. The van der Waals surface area contributed by atoms with Crippen molar-refractivity contribution in [1.29, 1.82) is 0 Å². The Labute approximate surface area is 180 Å². The minimum absolute atomic E-state index is 0.349. The van der Waals surface area contributed by atoms with E-state index in [9.17, 15) is 4.79 Å². The number of hydrogen-bond acceptors (Lipinski definition) is 4. The molecule has 0 aliphatic heterocycles. The number of esters is 1. The minimum Gasteiger partial charge on any atom is -0.465 e. The van der Waals surface area contributed by atoms with Crippen molar-refractivity contribution in [1.82, 2.24) is 4.98 Å². The van der Waals surface area contributed by atoms with E-state index in [4.69, 9.17) is 9.15 Å². The number of pyridine rings is 1. The Balaban J connectivity index is 1.57. The van der Waals surface area contributed by atoms with Crippen molar-refractivity contribution in [3.63, 3.8) is 0 Å². The number of rotatable bonds is 3. The third-order valence-electron chi connectivity index (χ3n) is 5.69. The van der Waals surface area contributed by atoms with E-state index in [0.717, 1.165) is 49.9 Å². The van der Waals surface area contributed by atoms with Crippen LogP contribution in [0.15, 0.2) is 77.3 Å². The van der Waals surface area contributed by atoms with Crippen LogP contribution in [0.3, 0.4) is 0 Å². The van der Waals surface area contributed by atoms with Gasteiger partial charge in [0.2, 0.25) is 0 Å². The van der Waals surface area contributed by atoms with E-state index in [1.807, 2.05) is 48.7 Å². The molecule has 31 heavy (non-hydrogen) atoms. The van der Waals surface area contributed by atoms with Crippen molar-refractivity contribution in [2.75, 3.05) is 7.11 Å². The molecule has 2 heterocycles. The monoisotopic (exact) mass is 407 g/mol. The van der Waals surface area contributed by atoms with Gasteiger partial charge in [0.25, 0.3) is 0 Å². The topological polar surface area (TPSA) is 52.3 Å². The SMILES string of the molecule is COC(=O)c1cccc(-c2ccc3cc(-c4cnc5c(C)ccc(C)c5c4)oc3c2)c1. The van der Waals surface area contributed by atoms with Crippen LogP contribution in [0.1, 0.15) is 21.5 Å². The number of ether oxygens (including phenoxy) is 1. The second-order valence-electron chi connectivity index (χ2n) is 7.76. The fourth-order valence-corrected chi connectivity index (χ4v) is 3.93. The van der Waals surface area contributed by atoms with E-state index in [1.54, 1.807) is 6.07 Å². The molecule has 5 rings (SSSR count). The van der Waals surface area contributed by atoms with Crippen LogP contribution < -0.4 is 0 Å². The largest absolute Gasteiger partial charge is 0.465 e. The van der Waals surface area contributed by atoms with Crippen LogP contribution in [0, 0.1) is 13.8 Å². The first-order valence-electron chi connectivity index (χ1n) is 10.1. The zero-order valence-corrected chi connectivity index (χ0v) is 17.6. The zero-order valence-electron chi connectivity index (χ0n) is 17.6. The first kappa shape index (κ1) is 19.1. The molecule has 0 saturated carbocycles. The maximum atomic E-state index is 11.9. The highest BCUT2D eigenvalue weighted by molar-refractivity contribution is 5.93. The first-order chi connectivity index (χ1) is 15.0. The van der Waals surface area contributed by atoms with Crippen LogP contribution in [0.2, 0.25) is 0 Å². The average molecular weight is 407 g/mol. The molecule has 152 valence electrons. The fraction of sp³-hybridized carbons (Fsp3) is 0.111. The van der Waals surface area contributed by atoms with E-state index in [1.165, 1.54) is 12.7 Å². The van der Waals surface area contributed by atoms with Crippen LogP contribution in [0.25, 0.3) is 44.3 Å². The second-order valence-corrected chi connectivity index (χ2v) is 7.76. The van der Waals surface area contributed by atoms with E-state index >= 15 is 0 Å². The smallest absolute Gasteiger partial charge is 0.337 e. The number of nitrogens with zero attached hydrogens (tertiary/aromatic N) is 1. The molecular formula is C27H21NO3. The van der Waals surface area contributed by atoms with E-state index in [-0.39, 0.29) is 5.97 Å². The zero-order chi connectivity index (χ0) is 21.5. The molecule has 0 N–H and O–H groups in total. The lowest BCUT2D eigenvalue weighted by atomic mass is 10.0. The molecule has 0 amide bonds. The molecule has 5 aromatic rings. The number of fused-ring (bicyclic) bond motifs is 2. The van der Waals surface area contributed by atoms with Gasteiger partial charge in [0, 0.05) is 22.5 Å². The first-order valence-corrected chi connectivity index (χ1v) is 10.1. The average Bonchev–Trinajstić information content (AvgIpc) is 3.24. The lowest BCUT2D eigenvalue weighted by Gasteiger charge is -2.06. The molecule has 0 fully saturated rings. The summed E-state index contributed by atoms with van der Waals surface area (Å²) in [6.07, 6.45) is 1.87. The Morgan fingerprint density at radius 2 is 1.68 bits per heavy atom. The third-order valence-corrected chi connectivity index (χ3v) is 5.69. The highest BCUT2D eigenvalue weighted by atomic mass is 16.5. The third kappa shape index (κ3) is 3.36. The lowest BCUT2D eigenvalue weighted by Crippen LogP contribution is -2.00. The van der Waals surface area contributed by atoms with Crippen molar-refractivity contribution < 1.29 is 13.9 Å². The molecule has 0 bridgehead atoms. The summed E-state index contributed by atoms with van der Waals surface area (Å²) in [6, 6.07) is 21.9. The van der Waals surface area contributed by atoms with E-state index in [0.29, 0.717) is 5.56 Å². The summed E-state index contributed by atoms with van der Waals surface area (Å²) in [4.78, 5) is 16.5. The Bertz CT molecular complexity index is 1460. The van der Waals surface area contributed by atoms with Gasteiger partial charge in [-0.1, -0.05) is 36.4 Å². The van der Waals surface area contributed by atoms with Crippen molar-refractivity contribution in [2.45, 2.75) is 13.8 Å². The summed E-state index contributed by atoms with van der Waals surface area (Å²) in [5, 5.41) is 2.15. The molecule has 4 nitrogen and oxygen atoms in total. The van der Waals surface area contributed by atoms with Gasteiger partial charge >= 0.3 is 5.97 Å². The van der Waals surface area contributed by atoms with Crippen molar-refractivity contribution in [3.8, 4) is 22.5 Å². The number of carbonyl (C=O) groups is 1. The van der Waals surface area contributed by atoms with Gasteiger partial charge in [-0.05, 0) is 66.4 Å². The van der Waals surface area contributed by atoms with E-state index < -0.39 is 0 Å². The van der Waals surface area contributed by atoms with Crippen LogP contribution in [0.4, 0.5) is 0 Å². The van der Waals surface area contributed by atoms with Gasteiger partial charge in [-0.15, -0.1) is 0 Å². The minimum atomic E-state index is -0.349. The number of aryl methyl sites for hydroxylation is 2. The predicted octanol–water partition coefficient (Wildman–Crippen LogP) is 6.72. The highest BCUT2D eigenvalue weighted by Gasteiger charge is 2.12. The lowest BCUT2D eigenvalue weighted by molar-refractivity contribution is 0.0601. The van der Waals surface area contributed by atoms with Gasteiger partial charge in [-0.25, -0.2) is 4.79 Å². The number of furan rings is 1. The summed E-state index contributed by atoms with van der Waals surface area (Å²) >= 11 is 0.